The topological polar surface area (TPSA) is 39.1 Å². The van der Waals surface area contributed by atoms with Crippen molar-refractivity contribution in [2.45, 2.75) is 26.8 Å². The molecule has 1 heterocycles. The van der Waals surface area contributed by atoms with Crippen LogP contribution in [-0.4, -0.2) is 10.9 Å². The molecule has 0 aliphatic carbocycles. The Kier molecular flexibility index (Phi) is 3.63. The Balaban J connectivity index is 2.87. The van der Waals surface area contributed by atoms with Gasteiger partial charge in [-0.3, -0.25) is 9.59 Å². The summed E-state index contributed by atoms with van der Waals surface area (Å²) < 4.78 is 1.59. The summed E-state index contributed by atoms with van der Waals surface area (Å²) in [4.78, 5) is 22.0. The van der Waals surface area contributed by atoms with E-state index in [1.54, 1.807) is 22.9 Å². The van der Waals surface area contributed by atoms with Crippen LogP contribution in [-0.2, 0) is 6.54 Å². The molecule has 0 atom stereocenters. The SMILES string of the molecule is CC(C)CCn1cccc(C=O)c1=O. The smallest absolute Gasteiger partial charge is 0.261 e. The number of hydrogen-bond acceptors (Lipinski definition) is 2. The van der Waals surface area contributed by atoms with Gasteiger partial charge in [-0.05, 0) is 24.5 Å². The first-order valence-corrected chi connectivity index (χ1v) is 4.79. The summed E-state index contributed by atoms with van der Waals surface area (Å²) in [6, 6.07) is 3.27. The van der Waals surface area contributed by atoms with Gasteiger partial charge in [0, 0.05) is 12.7 Å². The maximum Gasteiger partial charge on any atom is 0.261 e. The van der Waals surface area contributed by atoms with Gasteiger partial charge in [-0.1, -0.05) is 13.8 Å². The van der Waals surface area contributed by atoms with Crippen molar-refractivity contribution in [3.8, 4) is 0 Å². The number of carbonyl (C=O) groups is 1. The van der Waals surface area contributed by atoms with E-state index in [-0.39, 0.29) is 11.1 Å². The Morgan fingerprint density at radius 2 is 2.21 bits per heavy atom. The molecule has 0 amide bonds. The van der Waals surface area contributed by atoms with E-state index in [4.69, 9.17) is 0 Å². The van der Waals surface area contributed by atoms with E-state index in [2.05, 4.69) is 13.8 Å². The van der Waals surface area contributed by atoms with E-state index in [0.717, 1.165) is 6.42 Å². The van der Waals surface area contributed by atoms with Crippen molar-refractivity contribution >= 4 is 6.29 Å². The van der Waals surface area contributed by atoms with E-state index in [9.17, 15) is 9.59 Å². The molecule has 0 unspecified atom stereocenters. The quantitative estimate of drug-likeness (QED) is 0.683. The highest BCUT2D eigenvalue weighted by Crippen LogP contribution is 2.00. The fourth-order valence-corrected chi connectivity index (χ4v) is 1.22. The van der Waals surface area contributed by atoms with Crippen molar-refractivity contribution < 1.29 is 4.79 Å². The molecule has 0 fully saturated rings. The molecule has 0 bridgehead atoms. The molecule has 1 aromatic rings. The van der Waals surface area contributed by atoms with Gasteiger partial charge in [-0.25, -0.2) is 0 Å². The highest BCUT2D eigenvalue weighted by Gasteiger charge is 2.02. The van der Waals surface area contributed by atoms with Crippen LogP contribution in [0.3, 0.4) is 0 Å². The largest absolute Gasteiger partial charge is 0.315 e. The molecule has 0 N–H and O–H groups in total. The second-order valence-electron chi connectivity index (χ2n) is 3.76. The molecule has 1 rings (SSSR count). The predicted molar refractivity (Wildman–Crippen MR) is 55.5 cm³/mol. The number of aldehydes is 1. The first-order valence-electron chi connectivity index (χ1n) is 4.79. The zero-order valence-corrected chi connectivity index (χ0v) is 8.56. The third kappa shape index (κ3) is 2.55. The summed E-state index contributed by atoms with van der Waals surface area (Å²) in [7, 11) is 0. The monoisotopic (exact) mass is 193 g/mol. The standard InChI is InChI=1S/C11H15NO2/c1-9(2)5-7-12-6-3-4-10(8-13)11(12)14/h3-4,6,8-9H,5,7H2,1-2H3. The second-order valence-corrected chi connectivity index (χ2v) is 3.76. The number of hydrogen-bond donors (Lipinski definition) is 0. The first-order chi connectivity index (χ1) is 6.65. The van der Waals surface area contributed by atoms with Crippen LogP contribution in [0, 0.1) is 5.92 Å². The van der Waals surface area contributed by atoms with Crippen molar-refractivity contribution in [2.24, 2.45) is 5.92 Å². The van der Waals surface area contributed by atoms with Crippen molar-refractivity contribution in [3.05, 3.63) is 34.2 Å². The molecular weight excluding hydrogens is 178 g/mol. The van der Waals surface area contributed by atoms with Gasteiger partial charge < -0.3 is 4.57 Å². The molecule has 3 nitrogen and oxygen atoms in total. The summed E-state index contributed by atoms with van der Waals surface area (Å²) in [5.74, 6) is 0.557. The molecule has 0 aliphatic heterocycles. The second kappa shape index (κ2) is 4.74. The van der Waals surface area contributed by atoms with E-state index < -0.39 is 0 Å². The summed E-state index contributed by atoms with van der Waals surface area (Å²) in [5.41, 5.74) is 0.0411. The fourth-order valence-electron chi connectivity index (χ4n) is 1.22. The average Bonchev–Trinajstić information content (AvgIpc) is 2.16. The lowest BCUT2D eigenvalue weighted by atomic mass is 10.1. The number of pyridine rings is 1. The maximum atomic E-state index is 11.5. The molecule has 0 aromatic carbocycles. The van der Waals surface area contributed by atoms with Gasteiger partial charge in [0.15, 0.2) is 6.29 Å². The third-order valence-electron chi connectivity index (χ3n) is 2.12. The van der Waals surface area contributed by atoms with Crippen LogP contribution < -0.4 is 5.56 Å². The summed E-state index contributed by atoms with van der Waals surface area (Å²) >= 11 is 0. The molecule has 0 radical (unpaired) electrons. The predicted octanol–water partition coefficient (Wildman–Crippen LogP) is 1.71. The van der Waals surface area contributed by atoms with Crippen molar-refractivity contribution in [3.63, 3.8) is 0 Å². The van der Waals surface area contributed by atoms with E-state index >= 15 is 0 Å². The van der Waals surface area contributed by atoms with Gasteiger partial charge >= 0.3 is 0 Å². The molecule has 0 saturated heterocycles. The minimum atomic E-state index is -0.192. The number of aryl methyl sites for hydroxylation is 1. The first kappa shape index (κ1) is 10.7. The molecule has 3 heteroatoms. The number of carbonyl (C=O) groups excluding carboxylic acids is 1. The lowest BCUT2D eigenvalue weighted by Gasteiger charge is -2.07. The number of nitrogens with zero attached hydrogens (tertiary/aromatic N) is 1. The Bertz CT molecular complexity index is 366. The van der Waals surface area contributed by atoms with Crippen molar-refractivity contribution in [1.82, 2.24) is 4.57 Å². The third-order valence-corrected chi connectivity index (χ3v) is 2.12. The van der Waals surface area contributed by atoms with Gasteiger partial charge in [0.05, 0.1) is 5.56 Å². The van der Waals surface area contributed by atoms with Gasteiger partial charge in [-0.2, -0.15) is 0 Å². The summed E-state index contributed by atoms with van der Waals surface area (Å²) in [6.45, 7) is 4.89. The number of aromatic nitrogens is 1. The molecule has 76 valence electrons. The lowest BCUT2D eigenvalue weighted by molar-refractivity contribution is 0.112. The zero-order valence-electron chi connectivity index (χ0n) is 8.56. The Hall–Kier alpha value is -1.38. The van der Waals surface area contributed by atoms with Crippen LogP contribution >= 0.6 is 0 Å². The molecule has 0 spiro atoms. The Labute approximate surface area is 83.4 Å². The van der Waals surface area contributed by atoms with Crippen molar-refractivity contribution in [2.75, 3.05) is 0 Å². The van der Waals surface area contributed by atoms with Gasteiger partial charge in [-0.15, -0.1) is 0 Å². The Morgan fingerprint density at radius 3 is 2.79 bits per heavy atom. The summed E-state index contributed by atoms with van der Waals surface area (Å²) in [5, 5.41) is 0. The highest BCUT2D eigenvalue weighted by molar-refractivity contribution is 5.73. The minimum Gasteiger partial charge on any atom is -0.315 e. The molecule has 0 saturated carbocycles. The molecule has 14 heavy (non-hydrogen) atoms. The van der Waals surface area contributed by atoms with Crippen LogP contribution in [0.25, 0.3) is 0 Å². The molecule has 1 aromatic heterocycles. The normalized spacial score (nSPS) is 10.5. The Morgan fingerprint density at radius 1 is 1.50 bits per heavy atom. The van der Waals surface area contributed by atoms with E-state index in [1.165, 1.54) is 0 Å². The van der Waals surface area contributed by atoms with Gasteiger partial charge in [0.25, 0.3) is 5.56 Å². The maximum absolute atomic E-state index is 11.5. The fraction of sp³-hybridized carbons (Fsp3) is 0.455. The van der Waals surface area contributed by atoms with Crippen LogP contribution in [0.4, 0.5) is 0 Å². The minimum absolute atomic E-state index is 0.192. The summed E-state index contributed by atoms with van der Waals surface area (Å²) in [6.07, 6.45) is 3.27. The van der Waals surface area contributed by atoms with Gasteiger partial charge in [0.2, 0.25) is 0 Å². The average molecular weight is 193 g/mol. The van der Waals surface area contributed by atoms with E-state index in [1.807, 2.05) is 0 Å². The number of rotatable bonds is 4. The zero-order chi connectivity index (χ0) is 10.6. The molecular formula is C11H15NO2. The van der Waals surface area contributed by atoms with E-state index in [0.29, 0.717) is 18.7 Å². The van der Waals surface area contributed by atoms with Crippen molar-refractivity contribution in [1.29, 1.82) is 0 Å². The van der Waals surface area contributed by atoms with Crippen LogP contribution in [0.1, 0.15) is 30.6 Å². The molecule has 0 aliphatic rings. The van der Waals surface area contributed by atoms with Gasteiger partial charge in [0.1, 0.15) is 0 Å². The highest BCUT2D eigenvalue weighted by atomic mass is 16.1. The van der Waals surface area contributed by atoms with Crippen LogP contribution in [0.2, 0.25) is 0 Å². The van der Waals surface area contributed by atoms with Crippen LogP contribution in [0.5, 0.6) is 0 Å². The van der Waals surface area contributed by atoms with Crippen LogP contribution in [0.15, 0.2) is 23.1 Å². The lowest BCUT2D eigenvalue weighted by Crippen LogP contribution is -2.23.